The van der Waals surface area contributed by atoms with Crippen molar-refractivity contribution in [2.24, 2.45) is 0 Å². The van der Waals surface area contributed by atoms with Gasteiger partial charge in [-0.05, 0) is 19.8 Å². The van der Waals surface area contributed by atoms with Crippen molar-refractivity contribution in [1.82, 2.24) is 0 Å². The van der Waals surface area contributed by atoms with Crippen LogP contribution in [0.15, 0.2) is 12.2 Å². The topological polar surface area (TPSA) is 35.5 Å². The highest BCUT2D eigenvalue weighted by molar-refractivity contribution is 5.86. The average molecular weight is 298 g/mol. The molecule has 0 aliphatic carbocycles. The van der Waals surface area contributed by atoms with Crippen molar-refractivity contribution in [1.29, 1.82) is 0 Å². The first-order chi connectivity index (χ1) is 10.2. The molecule has 0 rings (SSSR count). The van der Waals surface area contributed by atoms with E-state index in [1.807, 2.05) is 0 Å². The standard InChI is InChI=1S/C18H34O3/c1-17(2)18(19)21-16-14-12-10-8-6-4-5-7-9-11-13-15-20-3/h1,4-16H2,2-3H3. The number of unbranched alkanes of at least 4 members (excludes halogenated alkanes) is 10. The summed E-state index contributed by atoms with van der Waals surface area (Å²) in [5.74, 6) is -0.263. The molecule has 0 saturated heterocycles. The lowest BCUT2D eigenvalue weighted by Gasteiger charge is -2.04. The van der Waals surface area contributed by atoms with Crippen LogP contribution in [0.1, 0.15) is 77.6 Å². The van der Waals surface area contributed by atoms with E-state index < -0.39 is 0 Å². The van der Waals surface area contributed by atoms with Gasteiger partial charge in [-0.15, -0.1) is 0 Å². The first-order valence-corrected chi connectivity index (χ1v) is 8.50. The van der Waals surface area contributed by atoms with Crippen molar-refractivity contribution in [3.8, 4) is 0 Å². The van der Waals surface area contributed by atoms with Crippen molar-refractivity contribution in [3.05, 3.63) is 12.2 Å². The molecule has 3 nitrogen and oxygen atoms in total. The molecule has 0 aromatic carbocycles. The monoisotopic (exact) mass is 298 g/mol. The molecule has 0 bridgehead atoms. The molecule has 0 spiro atoms. The van der Waals surface area contributed by atoms with E-state index >= 15 is 0 Å². The second-order valence-electron chi connectivity index (χ2n) is 5.80. The van der Waals surface area contributed by atoms with Crippen LogP contribution >= 0.6 is 0 Å². The third-order valence-corrected chi connectivity index (χ3v) is 3.57. The van der Waals surface area contributed by atoms with E-state index in [1.54, 1.807) is 14.0 Å². The normalized spacial score (nSPS) is 10.6. The Labute approximate surface area is 131 Å². The number of rotatable bonds is 15. The van der Waals surface area contributed by atoms with Crippen molar-refractivity contribution < 1.29 is 14.3 Å². The molecule has 0 aromatic heterocycles. The number of hydrogen-bond donors (Lipinski definition) is 0. The van der Waals surface area contributed by atoms with Crippen molar-refractivity contribution in [2.75, 3.05) is 20.3 Å². The lowest BCUT2D eigenvalue weighted by Crippen LogP contribution is -2.05. The third-order valence-electron chi connectivity index (χ3n) is 3.57. The van der Waals surface area contributed by atoms with Gasteiger partial charge in [0.2, 0.25) is 0 Å². The summed E-state index contributed by atoms with van der Waals surface area (Å²) in [5, 5.41) is 0. The maximum absolute atomic E-state index is 11.1. The number of esters is 1. The number of ether oxygens (including phenoxy) is 2. The molecule has 0 saturated carbocycles. The smallest absolute Gasteiger partial charge is 0.333 e. The molecule has 21 heavy (non-hydrogen) atoms. The van der Waals surface area contributed by atoms with E-state index in [2.05, 4.69) is 6.58 Å². The van der Waals surface area contributed by atoms with Gasteiger partial charge in [0.15, 0.2) is 0 Å². The molecule has 3 heteroatoms. The highest BCUT2D eigenvalue weighted by Crippen LogP contribution is 2.11. The summed E-state index contributed by atoms with van der Waals surface area (Å²) in [6.07, 6.45) is 13.9. The van der Waals surface area contributed by atoms with Gasteiger partial charge in [0.1, 0.15) is 0 Å². The Hall–Kier alpha value is -0.830. The zero-order valence-corrected chi connectivity index (χ0v) is 14.1. The van der Waals surface area contributed by atoms with Gasteiger partial charge in [-0.3, -0.25) is 0 Å². The number of carbonyl (C=O) groups excluding carboxylic acids is 1. The van der Waals surface area contributed by atoms with Crippen LogP contribution in [-0.2, 0) is 14.3 Å². The first kappa shape index (κ1) is 20.2. The van der Waals surface area contributed by atoms with Gasteiger partial charge in [0.05, 0.1) is 6.61 Å². The van der Waals surface area contributed by atoms with Crippen LogP contribution < -0.4 is 0 Å². The van der Waals surface area contributed by atoms with Gasteiger partial charge >= 0.3 is 5.97 Å². The van der Waals surface area contributed by atoms with Crippen LogP contribution in [0.3, 0.4) is 0 Å². The predicted molar refractivity (Wildman–Crippen MR) is 88.4 cm³/mol. The fourth-order valence-corrected chi connectivity index (χ4v) is 2.23. The SMILES string of the molecule is C=C(C)C(=O)OCCCCCCCCCCCCCOC. The van der Waals surface area contributed by atoms with Crippen LogP contribution in [0, 0.1) is 0 Å². The molecule has 0 N–H and O–H groups in total. The summed E-state index contributed by atoms with van der Waals surface area (Å²) in [6.45, 7) is 6.68. The van der Waals surface area contributed by atoms with Crippen LogP contribution in [0.2, 0.25) is 0 Å². The lowest BCUT2D eigenvalue weighted by molar-refractivity contribution is -0.139. The first-order valence-electron chi connectivity index (χ1n) is 8.50. The van der Waals surface area contributed by atoms with E-state index in [9.17, 15) is 4.79 Å². The van der Waals surface area contributed by atoms with E-state index in [1.165, 1.54) is 57.8 Å². The van der Waals surface area contributed by atoms with Crippen molar-refractivity contribution in [2.45, 2.75) is 77.6 Å². The Morgan fingerprint density at radius 2 is 1.14 bits per heavy atom. The maximum atomic E-state index is 11.1. The second kappa shape index (κ2) is 15.6. The Kier molecular flexibility index (Phi) is 14.9. The molecule has 0 unspecified atom stereocenters. The Morgan fingerprint density at radius 3 is 1.52 bits per heavy atom. The third kappa shape index (κ3) is 15.4. The van der Waals surface area contributed by atoms with Gasteiger partial charge in [-0.2, -0.15) is 0 Å². The molecular formula is C18H34O3. The molecule has 0 aromatic rings. The van der Waals surface area contributed by atoms with Gasteiger partial charge in [0.25, 0.3) is 0 Å². The fourth-order valence-electron chi connectivity index (χ4n) is 2.23. The van der Waals surface area contributed by atoms with E-state index in [4.69, 9.17) is 9.47 Å². The highest BCUT2D eigenvalue weighted by Gasteiger charge is 2.01. The summed E-state index contributed by atoms with van der Waals surface area (Å²) in [6, 6.07) is 0. The number of hydrogen-bond acceptors (Lipinski definition) is 3. The minimum absolute atomic E-state index is 0.263. The molecule has 124 valence electrons. The quantitative estimate of drug-likeness (QED) is 0.241. The molecule has 0 atom stereocenters. The highest BCUT2D eigenvalue weighted by atomic mass is 16.5. The molecule has 0 aliphatic heterocycles. The Morgan fingerprint density at radius 1 is 0.762 bits per heavy atom. The van der Waals surface area contributed by atoms with Crippen LogP contribution in [-0.4, -0.2) is 26.3 Å². The summed E-state index contributed by atoms with van der Waals surface area (Å²) in [7, 11) is 1.77. The van der Waals surface area contributed by atoms with Gasteiger partial charge in [-0.25, -0.2) is 4.79 Å². The van der Waals surface area contributed by atoms with Gasteiger partial charge < -0.3 is 9.47 Å². The summed E-state index contributed by atoms with van der Waals surface area (Å²) < 4.78 is 10.1. The van der Waals surface area contributed by atoms with Gasteiger partial charge in [0, 0.05) is 19.3 Å². The van der Waals surface area contributed by atoms with E-state index in [0.717, 1.165) is 19.4 Å². The van der Waals surface area contributed by atoms with Crippen molar-refractivity contribution >= 4 is 5.97 Å². The second-order valence-corrected chi connectivity index (χ2v) is 5.80. The van der Waals surface area contributed by atoms with Crippen LogP contribution in [0.5, 0.6) is 0 Å². The number of methoxy groups -OCH3 is 1. The maximum Gasteiger partial charge on any atom is 0.333 e. The fraction of sp³-hybridized carbons (Fsp3) is 0.833. The van der Waals surface area contributed by atoms with E-state index in [0.29, 0.717) is 12.2 Å². The molecule has 0 fully saturated rings. The van der Waals surface area contributed by atoms with Crippen LogP contribution in [0.4, 0.5) is 0 Å². The molecular weight excluding hydrogens is 264 g/mol. The average Bonchev–Trinajstić information content (AvgIpc) is 2.47. The minimum atomic E-state index is -0.263. The number of carbonyl (C=O) groups is 1. The van der Waals surface area contributed by atoms with E-state index in [-0.39, 0.29) is 5.97 Å². The summed E-state index contributed by atoms with van der Waals surface area (Å²) in [5.41, 5.74) is 0.484. The summed E-state index contributed by atoms with van der Waals surface area (Å²) in [4.78, 5) is 11.1. The van der Waals surface area contributed by atoms with Gasteiger partial charge in [-0.1, -0.05) is 64.4 Å². The predicted octanol–water partition coefficient (Wildman–Crippen LogP) is 5.04. The van der Waals surface area contributed by atoms with Crippen LogP contribution in [0.25, 0.3) is 0 Å². The zero-order chi connectivity index (χ0) is 15.8. The largest absolute Gasteiger partial charge is 0.462 e. The summed E-state index contributed by atoms with van der Waals surface area (Å²) >= 11 is 0. The zero-order valence-electron chi connectivity index (χ0n) is 14.1. The Bertz CT molecular complexity index is 261. The lowest BCUT2D eigenvalue weighted by atomic mass is 10.1. The minimum Gasteiger partial charge on any atom is -0.462 e. The van der Waals surface area contributed by atoms with Crippen molar-refractivity contribution in [3.63, 3.8) is 0 Å². The molecule has 0 radical (unpaired) electrons. The Balaban J connectivity index is 3.06. The molecule has 0 heterocycles. The molecule has 0 aliphatic rings. The molecule has 0 amide bonds.